The fourth-order valence-corrected chi connectivity index (χ4v) is 2.00. The van der Waals surface area contributed by atoms with Gasteiger partial charge in [-0.15, -0.1) is 0 Å². The van der Waals surface area contributed by atoms with Crippen LogP contribution in [0.4, 0.5) is 5.69 Å². The molecule has 0 fully saturated rings. The molecule has 2 nitrogen and oxygen atoms in total. The van der Waals surface area contributed by atoms with Crippen molar-refractivity contribution in [2.24, 2.45) is 0 Å². The predicted molar refractivity (Wildman–Crippen MR) is 72.6 cm³/mol. The second-order valence-electron chi connectivity index (χ2n) is 3.91. The molecule has 0 aliphatic carbocycles. The van der Waals surface area contributed by atoms with Gasteiger partial charge in [-0.3, -0.25) is 4.98 Å². The van der Waals surface area contributed by atoms with Crippen molar-refractivity contribution in [3.63, 3.8) is 0 Å². The quantitative estimate of drug-likeness (QED) is 0.892. The maximum Gasteiger partial charge on any atom is 0.0426 e. The second-order valence-corrected chi connectivity index (χ2v) is 4.35. The van der Waals surface area contributed by atoms with Crippen LogP contribution in [0.1, 0.15) is 11.1 Å². The number of hydrogen-bond donors (Lipinski definition) is 1. The molecule has 0 aliphatic heterocycles. The first kappa shape index (κ1) is 11.9. The molecule has 1 aromatic carbocycles. The summed E-state index contributed by atoms with van der Waals surface area (Å²) in [5.74, 6) is 0. The monoisotopic (exact) mass is 246 g/mol. The van der Waals surface area contributed by atoms with Crippen LogP contribution in [-0.4, -0.2) is 12.0 Å². The average Bonchev–Trinajstić information content (AvgIpc) is 2.38. The van der Waals surface area contributed by atoms with E-state index in [1.54, 1.807) is 6.20 Å². The molecular weight excluding hydrogens is 232 g/mol. The first-order chi connectivity index (χ1) is 8.29. The first-order valence-corrected chi connectivity index (χ1v) is 6.02. The van der Waals surface area contributed by atoms with Crippen LogP contribution >= 0.6 is 11.6 Å². The topological polar surface area (TPSA) is 24.9 Å². The minimum absolute atomic E-state index is 0.763. The molecule has 1 N–H and O–H groups in total. The van der Waals surface area contributed by atoms with Crippen LogP contribution in [0.2, 0.25) is 5.02 Å². The Labute approximate surface area is 107 Å². The Morgan fingerprint density at radius 3 is 2.82 bits per heavy atom. The summed E-state index contributed by atoms with van der Waals surface area (Å²) in [4.78, 5) is 4.12. The molecule has 0 amide bonds. The van der Waals surface area contributed by atoms with Crippen molar-refractivity contribution in [2.75, 3.05) is 12.4 Å². The van der Waals surface area contributed by atoms with Crippen molar-refractivity contribution in [3.8, 4) is 0 Å². The predicted octanol–water partition coefficient (Wildman–Crippen LogP) is 3.56. The zero-order chi connectivity index (χ0) is 12.1. The van der Waals surface area contributed by atoms with Gasteiger partial charge in [-0.05, 0) is 42.2 Å². The van der Waals surface area contributed by atoms with E-state index in [1.807, 2.05) is 31.4 Å². The molecule has 0 radical (unpaired) electrons. The third-order valence-corrected chi connectivity index (χ3v) is 2.98. The molecule has 2 aromatic rings. The second kappa shape index (κ2) is 5.69. The van der Waals surface area contributed by atoms with Gasteiger partial charge in [0.25, 0.3) is 0 Å². The van der Waals surface area contributed by atoms with Gasteiger partial charge in [-0.25, -0.2) is 0 Å². The minimum Gasteiger partial charge on any atom is -0.388 e. The van der Waals surface area contributed by atoms with E-state index in [1.165, 1.54) is 11.1 Å². The Morgan fingerprint density at radius 2 is 2.12 bits per heavy atom. The van der Waals surface area contributed by atoms with Crippen molar-refractivity contribution in [1.29, 1.82) is 0 Å². The van der Waals surface area contributed by atoms with Gasteiger partial charge < -0.3 is 5.32 Å². The lowest BCUT2D eigenvalue weighted by atomic mass is 10.0. The lowest BCUT2D eigenvalue weighted by Gasteiger charge is -2.09. The number of anilines is 1. The van der Waals surface area contributed by atoms with Crippen molar-refractivity contribution in [2.45, 2.75) is 12.8 Å². The van der Waals surface area contributed by atoms with E-state index in [0.717, 1.165) is 23.6 Å². The lowest BCUT2D eigenvalue weighted by Crippen LogP contribution is -1.98. The molecular formula is C14H15ClN2. The Morgan fingerprint density at radius 1 is 1.24 bits per heavy atom. The van der Waals surface area contributed by atoms with Crippen LogP contribution in [0.5, 0.6) is 0 Å². The zero-order valence-electron chi connectivity index (χ0n) is 9.78. The summed E-state index contributed by atoms with van der Waals surface area (Å²) in [6.45, 7) is 0. The standard InChI is InChI=1S/C14H15ClN2/c1-16-14-9-13(15)7-6-12(14)5-4-11-3-2-8-17-10-11/h2-3,6-10,16H,4-5H2,1H3. The van der Waals surface area contributed by atoms with Crippen molar-refractivity contribution >= 4 is 17.3 Å². The number of pyridine rings is 1. The lowest BCUT2D eigenvalue weighted by molar-refractivity contribution is 0.951. The molecule has 1 heterocycles. The minimum atomic E-state index is 0.763. The van der Waals surface area contributed by atoms with Crippen molar-refractivity contribution in [1.82, 2.24) is 4.98 Å². The van der Waals surface area contributed by atoms with E-state index in [9.17, 15) is 0 Å². The molecule has 0 unspecified atom stereocenters. The number of hydrogen-bond acceptors (Lipinski definition) is 2. The molecule has 3 heteroatoms. The van der Waals surface area contributed by atoms with E-state index in [-0.39, 0.29) is 0 Å². The van der Waals surface area contributed by atoms with Gasteiger partial charge in [0.1, 0.15) is 0 Å². The summed E-state index contributed by atoms with van der Waals surface area (Å²) < 4.78 is 0. The number of rotatable bonds is 4. The largest absolute Gasteiger partial charge is 0.388 e. The SMILES string of the molecule is CNc1cc(Cl)ccc1CCc1cccnc1. The molecule has 0 aliphatic rings. The number of aryl methyl sites for hydroxylation is 2. The summed E-state index contributed by atoms with van der Waals surface area (Å²) in [6.07, 6.45) is 5.68. The number of benzene rings is 1. The number of halogens is 1. The van der Waals surface area contributed by atoms with Gasteiger partial charge in [0, 0.05) is 30.2 Å². The van der Waals surface area contributed by atoms with Gasteiger partial charge in [-0.1, -0.05) is 23.7 Å². The van der Waals surface area contributed by atoms with Gasteiger partial charge in [0.15, 0.2) is 0 Å². The summed E-state index contributed by atoms with van der Waals surface area (Å²) >= 11 is 5.96. The molecule has 2 rings (SSSR count). The van der Waals surface area contributed by atoms with Crippen LogP contribution in [0.15, 0.2) is 42.7 Å². The van der Waals surface area contributed by atoms with Crippen LogP contribution in [0.25, 0.3) is 0 Å². The number of nitrogens with zero attached hydrogens (tertiary/aromatic N) is 1. The Bertz CT molecular complexity index is 483. The highest BCUT2D eigenvalue weighted by molar-refractivity contribution is 6.30. The zero-order valence-corrected chi connectivity index (χ0v) is 10.5. The van der Waals surface area contributed by atoms with Gasteiger partial charge in [0.2, 0.25) is 0 Å². The van der Waals surface area contributed by atoms with Crippen LogP contribution in [-0.2, 0) is 12.8 Å². The highest BCUT2D eigenvalue weighted by Gasteiger charge is 2.02. The molecule has 17 heavy (non-hydrogen) atoms. The fourth-order valence-electron chi connectivity index (χ4n) is 1.82. The van der Waals surface area contributed by atoms with Crippen molar-refractivity contribution in [3.05, 3.63) is 58.9 Å². The van der Waals surface area contributed by atoms with E-state index >= 15 is 0 Å². The highest BCUT2D eigenvalue weighted by atomic mass is 35.5. The number of nitrogens with one attached hydrogen (secondary N) is 1. The smallest absolute Gasteiger partial charge is 0.0426 e. The average molecular weight is 247 g/mol. The molecule has 0 spiro atoms. The summed E-state index contributed by atoms with van der Waals surface area (Å²) in [7, 11) is 1.92. The maximum atomic E-state index is 5.96. The molecule has 1 aromatic heterocycles. The maximum absolute atomic E-state index is 5.96. The van der Waals surface area contributed by atoms with Gasteiger partial charge >= 0.3 is 0 Å². The Balaban J connectivity index is 2.09. The van der Waals surface area contributed by atoms with Crippen LogP contribution in [0.3, 0.4) is 0 Å². The summed E-state index contributed by atoms with van der Waals surface area (Å²) in [5.41, 5.74) is 3.63. The van der Waals surface area contributed by atoms with Crippen molar-refractivity contribution < 1.29 is 0 Å². The molecule has 0 atom stereocenters. The van der Waals surface area contributed by atoms with E-state index in [4.69, 9.17) is 11.6 Å². The first-order valence-electron chi connectivity index (χ1n) is 5.64. The highest BCUT2D eigenvalue weighted by Crippen LogP contribution is 2.22. The Hall–Kier alpha value is -1.54. The third-order valence-electron chi connectivity index (χ3n) is 2.75. The van der Waals surface area contributed by atoms with Gasteiger partial charge in [0.05, 0.1) is 0 Å². The van der Waals surface area contributed by atoms with Crippen LogP contribution in [0, 0.1) is 0 Å². The van der Waals surface area contributed by atoms with Crippen LogP contribution < -0.4 is 5.32 Å². The summed E-state index contributed by atoms with van der Waals surface area (Å²) in [5, 5.41) is 3.94. The fraction of sp³-hybridized carbons (Fsp3) is 0.214. The normalized spacial score (nSPS) is 10.2. The van der Waals surface area contributed by atoms with E-state index < -0.39 is 0 Å². The van der Waals surface area contributed by atoms with E-state index in [0.29, 0.717) is 0 Å². The molecule has 88 valence electrons. The Kier molecular flexibility index (Phi) is 3.99. The molecule has 0 saturated heterocycles. The van der Waals surface area contributed by atoms with Gasteiger partial charge in [-0.2, -0.15) is 0 Å². The molecule has 0 bridgehead atoms. The third kappa shape index (κ3) is 3.21. The summed E-state index contributed by atoms with van der Waals surface area (Å²) in [6, 6.07) is 10.0. The number of aromatic nitrogens is 1. The molecule has 0 saturated carbocycles. The van der Waals surface area contributed by atoms with E-state index in [2.05, 4.69) is 22.4 Å².